The van der Waals surface area contributed by atoms with Gasteiger partial charge in [-0.05, 0) is 25.8 Å². The summed E-state index contributed by atoms with van der Waals surface area (Å²) in [7, 11) is 3.13. The van der Waals surface area contributed by atoms with Crippen molar-refractivity contribution in [1.29, 1.82) is 0 Å². The predicted molar refractivity (Wildman–Crippen MR) is 110 cm³/mol. The van der Waals surface area contributed by atoms with Gasteiger partial charge in [-0.15, -0.1) is 0 Å². The number of anilines is 1. The Balaban J connectivity index is 1.68. The summed E-state index contributed by atoms with van der Waals surface area (Å²) in [5.74, 6) is 1.89. The molecule has 8 nitrogen and oxygen atoms in total. The Morgan fingerprint density at radius 2 is 2.03 bits per heavy atom. The van der Waals surface area contributed by atoms with Gasteiger partial charge in [0.25, 0.3) is 0 Å². The summed E-state index contributed by atoms with van der Waals surface area (Å²) in [6.07, 6.45) is 1.98. The van der Waals surface area contributed by atoms with Crippen LogP contribution in [0.5, 0.6) is 5.75 Å². The van der Waals surface area contributed by atoms with E-state index in [-0.39, 0.29) is 30.9 Å². The zero-order chi connectivity index (χ0) is 21.3. The average molecular weight is 410 g/mol. The van der Waals surface area contributed by atoms with Crippen LogP contribution in [0.25, 0.3) is 0 Å². The lowest BCUT2D eigenvalue weighted by molar-refractivity contribution is -0.136. The Labute approximate surface area is 175 Å². The molecule has 1 aromatic heterocycles. The van der Waals surface area contributed by atoms with Gasteiger partial charge < -0.3 is 14.4 Å². The number of fused-ring (bicyclic) bond motifs is 1. The fourth-order valence-electron chi connectivity index (χ4n) is 4.25. The molecule has 0 saturated carbocycles. The number of rotatable bonds is 6. The Hall–Kier alpha value is -3.00. The van der Waals surface area contributed by atoms with Crippen molar-refractivity contribution in [3.63, 3.8) is 0 Å². The summed E-state index contributed by atoms with van der Waals surface area (Å²) in [6.45, 7) is 2.98. The number of nitrogens with zero attached hydrogens (tertiary/aromatic N) is 4. The molecule has 0 spiro atoms. The molecule has 1 fully saturated rings. The Kier molecular flexibility index (Phi) is 5.67. The molecule has 1 aromatic carbocycles. The highest BCUT2D eigenvalue weighted by Crippen LogP contribution is 2.36. The van der Waals surface area contributed by atoms with E-state index in [4.69, 9.17) is 14.5 Å². The fourth-order valence-corrected chi connectivity index (χ4v) is 4.25. The van der Waals surface area contributed by atoms with E-state index < -0.39 is 0 Å². The number of ether oxygens (including phenoxy) is 2. The van der Waals surface area contributed by atoms with E-state index in [1.807, 2.05) is 31.2 Å². The van der Waals surface area contributed by atoms with Gasteiger partial charge in [0.1, 0.15) is 18.2 Å². The van der Waals surface area contributed by atoms with Gasteiger partial charge in [0.2, 0.25) is 11.8 Å². The van der Waals surface area contributed by atoms with E-state index in [1.165, 1.54) is 7.11 Å². The molecule has 1 atom stereocenters. The molecule has 3 heterocycles. The predicted octanol–water partition coefficient (Wildman–Crippen LogP) is 2.19. The Morgan fingerprint density at radius 1 is 1.23 bits per heavy atom. The first-order chi connectivity index (χ1) is 14.5. The van der Waals surface area contributed by atoms with Crippen molar-refractivity contribution in [2.24, 2.45) is 0 Å². The third-order valence-corrected chi connectivity index (χ3v) is 5.75. The number of benzene rings is 1. The average Bonchev–Trinajstić information content (AvgIpc) is 3.35. The Bertz CT molecular complexity index is 978. The topological polar surface area (TPSA) is 84.9 Å². The molecule has 8 heteroatoms. The number of carbonyl (C=O) groups excluding carboxylic acids is 2. The van der Waals surface area contributed by atoms with Crippen LogP contribution in [0.2, 0.25) is 0 Å². The smallest absolute Gasteiger partial charge is 0.249 e. The van der Waals surface area contributed by atoms with E-state index in [9.17, 15) is 9.59 Å². The summed E-state index contributed by atoms with van der Waals surface area (Å²) < 4.78 is 10.5. The first kappa shape index (κ1) is 20.3. The summed E-state index contributed by atoms with van der Waals surface area (Å²) in [6, 6.07) is 7.46. The first-order valence-electron chi connectivity index (χ1n) is 10.1. The normalized spacial score (nSPS) is 18.1. The first-order valence-corrected chi connectivity index (χ1v) is 10.1. The van der Waals surface area contributed by atoms with Gasteiger partial charge in [0.05, 0.1) is 26.1 Å². The van der Waals surface area contributed by atoms with E-state index in [2.05, 4.69) is 4.98 Å². The minimum absolute atomic E-state index is 0.0100. The molecule has 158 valence electrons. The molecule has 1 saturated heterocycles. The van der Waals surface area contributed by atoms with Crippen molar-refractivity contribution < 1.29 is 19.1 Å². The van der Waals surface area contributed by atoms with Crippen molar-refractivity contribution in [3.8, 4) is 5.75 Å². The molecule has 0 aliphatic carbocycles. The number of aromatic nitrogens is 2. The number of para-hydroxylation sites is 1. The van der Waals surface area contributed by atoms with Crippen molar-refractivity contribution >= 4 is 17.6 Å². The lowest BCUT2D eigenvalue weighted by atomic mass is 10.1. The van der Waals surface area contributed by atoms with Gasteiger partial charge in [-0.25, -0.2) is 9.97 Å². The van der Waals surface area contributed by atoms with Crippen molar-refractivity contribution in [1.82, 2.24) is 14.9 Å². The summed E-state index contributed by atoms with van der Waals surface area (Å²) >= 11 is 0. The molecular formula is C22H26N4O4. The number of likely N-dealkylation sites (tertiary alicyclic amines) is 1. The molecule has 0 unspecified atom stereocenters. The second kappa shape index (κ2) is 8.39. The second-order valence-corrected chi connectivity index (χ2v) is 7.62. The van der Waals surface area contributed by atoms with Crippen LogP contribution in [0.4, 0.5) is 5.82 Å². The largest absolute Gasteiger partial charge is 0.496 e. The van der Waals surface area contributed by atoms with Gasteiger partial charge in [0.15, 0.2) is 5.82 Å². The van der Waals surface area contributed by atoms with E-state index in [0.29, 0.717) is 24.7 Å². The number of hydrogen-bond donors (Lipinski definition) is 0. The quantitative estimate of drug-likeness (QED) is 0.726. The lowest BCUT2D eigenvalue weighted by Crippen LogP contribution is -2.34. The molecule has 30 heavy (non-hydrogen) atoms. The van der Waals surface area contributed by atoms with Crippen molar-refractivity contribution in [2.45, 2.75) is 38.8 Å². The van der Waals surface area contributed by atoms with Crippen LogP contribution in [0.1, 0.15) is 41.5 Å². The zero-order valence-corrected chi connectivity index (χ0v) is 17.6. The zero-order valence-electron chi connectivity index (χ0n) is 17.6. The molecule has 2 aromatic rings. The maximum absolute atomic E-state index is 12.8. The third-order valence-electron chi connectivity index (χ3n) is 5.75. The maximum Gasteiger partial charge on any atom is 0.249 e. The molecule has 0 N–H and O–H groups in total. The van der Waals surface area contributed by atoms with Crippen LogP contribution in [0.3, 0.4) is 0 Å². The minimum atomic E-state index is -0.194. The highest BCUT2D eigenvalue weighted by molar-refractivity contribution is 6.00. The number of amides is 2. The van der Waals surface area contributed by atoms with Crippen LogP contribution < -0.4 is 9.64 Å². The molecule has 0 radical (unpaired) electrons. The molecular weight excluding hydrogens is 384 g/mol. The maximum atomic E-state index is 12.8. The summed E-state index contributed by atoms with van der Waals surface area (Å²) in [5.41, 5.74) is 2.56. The molecule has 2 aliphatic rings. The van der Waals surface area contributed by atoms with E-state index >= 15 is 0 Å². The summed E-state index contributed by atoms with van der Waals surface area (Å²) in [4.78, 5) is 38.2. The van der Waals surface area contributed by atoms with Gasteiger partial charge in [-0.3, -0.25) is 14.5 Å². The number of hydrogen-bond acceptors (Lipinski definition) is 6. The number of carbonyl (C=O) groups is 2. The van der Waals surface area contributed by atoms with E-state index in [0.717, 1.165) is 35.4 Å². The Morgan fingerprint density at radius 3 is 2.80 bits per heavy atom. The van der Waals surface area contributed by atoms with Gasteiger partial charge >= 0.3 is 0 Å². The SMILES string of the molecule is COCC(=O)N1CCC[C@H]1c1nc(C)c2c(n1)N(Cc1ccccc1OC)C(=O)C2. The molecule has 4 rings (SSSR count). The van der Waals surface area contributed by atoms with Gasteiger partial charge in [-0.1, -0.05) is 18.2 Å². The van der Waals surface area contributed by atoms with Gasteiger partial charge in [-0.2, -0.15) is 0 Å². The molecule has 0 bridgehead atoms. The van der Waals surface area contributed by atoms with Crippen molar-refractivity contribution in [3.05, 3.63) is 46.9 Å². The number of methoxy groups -OCH3 is 2. The van der Waals surface area contributed by atoms with Crippen LogP contribution in [-0.2, 0) is 27.3 Å². The van der Waals surface area contributed by atoms with Crippen molar-refractivity contribution in [2.75, 3.05) is 32.3 Å². The molecule has 2 amide bonds. The monoisotopic (exact) mass is 410 g/mol. The lowest BCUT2D eigenvalue weighted by Gasteiger charge is -2.25. The minimum Gasteiger partial charge on any atom is -0.496 e. The van der Waals surface area contributed by atoms with Gasteiger partial charge in [0, 0.05) is 30.5 Å². The van der Waals surface area contributed by atoms with Crippen LogP contribution >= 0.6 is 0 Å². The van der Waals surface area contributed by atoms with E-state index in [1.54, 1.807) is 16.9 Å². The highest BCUT2D eigenvalue weighted by Gasteiger charge is 2.36. The summed E-state index contributed by atoms with van der Waals surface area (Å²) in [5, 5.41) is 0. The van der Waals surface area contributed by atoms with Crippen LogP contribution in [0, 0.1) is 6.92 Å². The highest BCUT2D eigenvalue weighted by atomic mass is 16.5. The van der Waals surface area contributed by atoms with Crippen LogP contribution in [0.15, 0.2) is 24.3 Å². The second-order valence-electron chi connectivity index (χ2n) is 7.62. The number of aryl methyl sites for hydroxylation is 1. The molecule has 2 aliphatic heterocycles. The third kappa shape index (κ3) is 3.63. The fraction of sp³-hybridized carbons (Fsp3) is 0.455. The standard InChI is InChI=1S/C22H26N4O4/c1-14-16-11-19(27)26(12-15-7-4-5-9-18(15)30-3)22(16)24-21(23-14)17-8-6-10-25(17)20(28)13-29-2/h4-5,7,9,17H,6,8,10-13H2,1-3H3/t17-/m0/s1. The van der Waals surface area contributed by atoms with Crippen LogP contribution in [-0.4, -0.2) is 54.1 Å².